The molecular weight excluding hydrogens is 304 g/mol. The summed E-state index contributed by atoms with van der Waals surface area (Å²) >= 11 is 2.04. The van der Waals surface area contributed by atoms with Gasteiger partial charge >= 0.3 is 0 Å². The van der Waals surface area contributed by atoms with E-state index < -0.39 is 0 Å². The van der Waals surface area contributed by atoms with Crippen LogP contribution in [-0.4, -0.2) is 24.0 Å². The van der Waals surface area contributed by atoms with Crippen LogP contribution < -0.4 is 11.1 Å². The maximum Gasteiger partial charge on any atom is 0.217 e. The Kier molecular flexibility index (Phi) is 12.5. The molecule has 0 aliphatic carbocycles. The van der Waals surface area contributed by atoms with Crippen molar-refractivity contribution < 1.29 is 4.79 Å². The van der Waals surface area contributed by atoms with E-state index in [0.29, 0.717) is 6.42 Å². The molecule has 0 aliphatic rings. The standard InChI is InChI=1S/C19H32N2OS/c20-19(22)14-10-5-3-1-2-4-6-11-16-23-17-15-21-18-12-8-7-9-13-18/h7-9,12-13,21H,1-6,10-11,14-17H2,(H2,20,22). The Bertz CT molecular complexity index is 398. The van der Waals surface area contributed by atoms with Crippen molar-refractivity contribution in [1.29, 1.82) is 0 Å². The van der Waals surface area contributed by atoms with Gasteiger partial charge in [0.05, 0.1) is 0 Å². The number of carbonyl (C=O) groups is 1. The predicted octanol–water partition coefficient (Wildman–Crippen LogP) is 4.83. The molecule has 130 valence electrons. The van der Waals surface area contributed by atoms with Crippen LogP contribution in [0.2, 0.25) is 0 Å². The number of nitrogens with one attached hydrogen (secondary N) is 1. The molecule has 3 nitrogen and oxygen atoms in total. The Balaban J connectivity index is 1.74. The molecule has 1 aromatic carbocycles. The van der Waals surface area contributed by atoms with Crippen LogP contribution >= 0.6 is 11.8 Å². The molecule has 0 unspecified atom stereocenters. The van der Waals surface area contributed by atoms with E-state index >= 15 is 0 Å². The van der Waals surface area contributed by atoms with Gasteiger partial charge in [0, 0.05) is 24.4 Å². The molecule has 0 saturated carbocycles. The van der Waals surface area contributed by atoms with Crippen LogP contribution in [-0.2, 0) is 4.79 Å². The largest absolute Gasteiger partial charge is 0.384 e. The Morgan fingerprint density at radius 3 is 2.13 bits per heavy atom. The summed E-state index contributed by atoms with van der Waals surface area (Å²) in [5, 5.41) is 3.44. The molecule has 1 aromatic rings. The number of carbonyl (C=O) groups excluding carboxylic acids is 1. The minimum atomic E-state index is -0.165. The minimum absolute atomic E-state index is 0.165. The van der Waals surface area contributed by atoms with Crippen LogP contribution in [0, 0.1) is 0 Å². The van der Waals surface area contributed by atoms with Gasteiger partial charge in [-0.05, 0) is 30.7 Å². The van der Waals surface area contributed by atoms with Crippen molar-refractivity contribution in [2.24, 2.45) is 5.73 Å². The topological polar surface area (TPSA) is 55.1 Å². The monoisotopic (exact) mass is 336 g/mol. The predicted molar refractivity (Wildman–Crippen MR) is 103 cm³/mol. The van der Waals surface area contributed by atoms with Crippen molar-refractivity contribution in [3.63, 3.8) is 0 Å². The molecule has 23 heavy (non-hydrogen) atoms. The first kappa shape index (κ1) is 19.9. The number of unbranched alkanes of at least 4 members (excludes halogenated alkanes) is 7. The Hall–Kier alpha value is -1.16. The van der Waals surface area contributed by atoms with Gasteiger partial charge in [-0.15, -0.1) is 0 Å². The fourth-order valence-corrected chi connectivity index (χ4v) is 3.35. The maximum atomic E-state index is 10.6. The molecule has 0 radical (unpaired) electrons. The number of rotatable bonds is 15. The fraction of sp³-hybridized carbons (Fsp3) is 0.632. The lowest BCUT2D eigenvalue weighted by Gasteiger charge is -2.06. The summed E-state index contributed by atoms with van der Waals surface area (Å²) in [5.41, 5.74) is 6.33. The third-order valence-electron chi connectivity index (χ3n) is 3.81. The number of hydrogen-bond donors (Lipinski definition) is 2. The molecule has 0 saturated heterocycles. The highest BCUT2D eigenvalue weighted by atomic mass is 32.2. The van der Waals surface area contributed by atoms with Crippen LogP contribution in [0.15, 0.2) is 30.3 Å². The summed E-state index contributed by atoms with van der Waals surface area (Å²) in [6, 6.07) is 10.4. The molecule has 1 amide bonds. The highest BCUT2D eigenvalue weighted by molar-refractivity contribution is 7.99. The number of benzene rings is 1. The molecule has 0 atom stereocenters. The Morgan fingerprint density at radius 1 is 0.870 bits per heavy atom. The van der Waals surface area contributed by atoms with E-state index in [1.165, 1.54) is 55.7 Å². The summed E-state index contributed by atoms with van der Waals surface area (Å²) < 4.78 is 0. The lowest BCUT2D eigenvalue weighted by Crippen LogP contribution is -2.09. The van der Waals surface area contributed by atoms with Gasteiger partial charge in [-0.2, -0.15) is 11.8 Å². The van der Waals surface area contributed by atoms with Crippen LogP contribution in [0.25, 0.3) is 0 Å². The number of thioether (sulfide) groups is 1. The van der Waals surface area contributed by atoms with Crippen LogP contribution in [0.1, 0.15) is 57.8 Å². The zero-order valence-electron chi connectivity index (χ0n) is 14.3. The summed E-state index contributed by atoms with van der Waals surface area (Å²) in [5.74, 6) is 2.28. The average Bonchev–Trinajstić information content (AvgIpc) is 2.56. The number of amides is 1. The van der Waals surface area contributed by atoms with Gasteiger partial charge in [0.15, 0.2) is 0 Å². The number of nitrogens with two attached hydrogens (primary N) is 1. The summed E-state index contributed by atoms with van der Waals surface area (Å²) in [6.07, 6.45) is 10.6. The van der Waals surface area contributed by atoms with Gasteiger partial charge < -0.3 is 11.1 Å². The Labute approximate surface area is 145 Å². The van der Waals surface area contributed by atoms with Gasteiger partial charge in [0.1, 0.15) is 0 Å². The quantitative estimate of drug-likeness (QED) is 0.451. The van der Waals surface area contributed by atoms with E-state index in [9.17, 15) is 4.79 Å². The van der Waals surface area contributed by atoms with E-state index in [-0.39, 0.29) is 5.91 Å². The first-order valence-electron chi connectivity index (χ1n) is 8.94. The molecule has 4 heteroatoms. The van der Waals surface area contributed by atoms with E-state index in [4.69, 9.17) is 5.73 Å². The van der Waals surface area contributed by atoms with E-state index in [0.717, 1.165) is 19.4 Å². The fourth-order valence-electron chi connectivity index (χ4n) is 2.49. The molecule has 3 N–H and O–H groups in total. The summed E-state index contributed by atoms with van der Waals surface area (Å²) in [4.78, 5) is 10.6. The molecule has 0 fully saturated rings. The molecular formula is C19H32N2OS. The zero-order valence-corrected chi connectivity index (χ0v) is 15.1. The summed E-state index contributed by atoms with van der Waals surface area (Å²) in [7, 11) is 0. The molecule has 0 spiro atoms. The van der Waals surface area contributed by atoms with E-state index in [1.807, 2.05) is 17.8 Å². The second kappa shape index (κ2) is 14.4. The SMILES string of the molecule is NC(=O)CCCCCCCCCCSCCNc1ccccc1. The molecule has 0 bridgehead atoms. The first-order chi connectivity index (χ1) is 11.3. The Morgan fingerprint density at radius 2 is 1.48 bits per heavy atom. The second-order valence-electron chi connectivity index (χ2n) is 5.95. The maximum absolute atomic E-state index is 10.6. The van der Waals surface area contributed by atoms with Crippen molar-refractivity contribution in [1.82, 2.24) is 0 Å². The lowest BCUT2D eigenvalue weighted by atomic mass is 10.1. The van der Waals surface area contributed by atoms with Crippen molar-refractivity contribution in [3.8, 4) is 0 Å². The molecule has 0 aliphatic heterocycles. The molecule has 1 rings (SSSR count). The van der Waals surface area contributed by atoms with Crippen molar-refractivity contribution in [2.75, 3.05) is 23.4 Å². The highest BCUT2D eigenvalue weighted by Crippen LogP contribution is 2.12. The van der Waals surface area contributed by atoms with Gasteiger partial charge in [0.25, 0.3) is 0 Å². The average molecular weight is 337 g/mol. The smallest absolute Gasteiger partial charge is 0.217 e. The third-order valence-corrected chi connectivity index (χ3v) is 4.88. The van der Waals surface area contributed by atoms with E-state index in [1.54, 1.807) is 0 Å². The van der Waals surface area contributed by atoms with Crippen molar-refractivity contribution in [3.05, 3.63) is 30.3 Å². The van der Waals surface area contributed by atoms with Gasteiger partial charge in [0.2, 0.25) is 5.91 Å². The normalized spacial score (nSPS) is 10.6. The van der Waals surface area contributed by atoms with E-state index in [2.05, 4.69) is 29.6 Å². The van der Waals surface area contributed by atoms with Crippen LogP contribution in [0.4, 0.5) is 5.69 Å². The minimum Gasteiger partial charge on any atom is -0.384 e. The van der Waals surface area contributed by atoms with Crippen molar-refractivity contribution >= 4 is 23.4 Å². The van der Waals surface area contributed by atoms with Gasteiger partial charge in [-0.25, -0.2) is 0 Å². The van der Waals surface area contributed by atoms with Gasteiger partial charge in [-0.1, -0.05) is 56.7 Å². The molecule has 0 heterocycles. The molecule has 0 aromatic heterocycles. The number of hydrogen-bond acceptors (Lipinski definition) is 3. The summed E-state index contributed by atoms with van der Waals surface area (Å²) in [6.45, 7) is 1.04. The van der Waals surface area contributed by atoms with Crippen molar-refractivity contribution in [2.45, 2.75) is 57.8 Å². The van der Waals surface area contributed by atoms with Gasteiger partial charge in [-0.3, -0.25) is 4.79 Å². The lowest BCUT2D eigenvalue weighted by molar-refractivity contribution is -0.118. The first-order valence-corrected chi connectivity index (χ1v) is 10.1. The zero-order chi connectivity index (χ0) is 16.6. The number of para-hydroxylation sites is 1. The third kappa shape index (κ3) is 13.0. The second-order valence-corrected chi connectivity index (χ2v) is 7.17. The number of primary amides is 1. The van der Waals surface area contributed by atoms with Crippen LogP contribution in [0.5, 0.6) is 0 Å². The van der Waals surface area contributed by atoms with Crippen LogP contribution in [0.3, 0.4) is 0 Å². The number of anilines is 1. The highest BCUT2D eigenvalue weighted by Gasteiger charge is 1.96.